The molecule has 6 nitrogen and oxygen atoms in total. The van der Waals surface area contributed by atoms with E-state index < -0.39 is 0 Å². The molecule has 1 aliphatic rings. The minimum absolute atomic E-state index is 0.0340. The van der Waals surface area contributed by atoms with E-state index in [2.05, 4.69) is 9.97 Å². The van der Waals surface area contributed by atoms with Crippen LogP contribution in [0.4, 0.5) is 0 Å². The molecule has 0 spiro atoms. The third-order valence-corrected chi connectivity index (χ3v) is 4.85. The first-order chi connectivity index (χ1) is 13.2. The van der Waals surface area contributed by atoms with Gasteiger partial charge in [-0.25, -0.2) is 0 Å². The number of nitrogens with zero attached hydrogens (tertiary/aromatic N) is 2. The molecule has 1 amide bonds. The van der Waals surface area contributed by atoms with Crippen LogP contribution in [0.5, 0.6) is 0 Å². The van der Waals surface area contributed by atoms with Gasteiger partial charge >= 0.3 is 0 Å². The Labute approximate surface area is 156 Å². The third kappa shape index (κ3) is 3.75. The monoisotopic (exact) mass is 363 g/mol. The zero-order valence-electron chi connectivity index (χ0n) is 14.9. The molecule has 0 bridgehead atoms. The minimum Gasteiger partial charge on any atom is -0.376 e. The highest BCUT2D eigenvalue weighted by molar-refractivity contribution is 6.06. The van der Waals surface area contributed by atoms with E-state index in [0.29, 0.717) is 29.4 Å². The lowest BCUT2D eigenvalue weighted by Crippen LogP contribution is -2.37. The first-order valence-corrected chi connectivity index (χ1v) is 9.13. The lowest BCUT2D eigenvalue weighted by molar-refractivity contribution is 0.0505. The Morgan fingerprint density at radius 2 is 2.00 bits per heavy atom. The topological polar surface area (TPSA) is 75.3 Å². The maximum absolute atomic E-state index is 13.4. The molecule has 0 saturated carbocycles. The molecule has 138 valence electrons. The molecule has 0 aliphatic carbocycles. The quantitative estimate of drug-likeness (QED) is 0.756. The van der Waals surface area contributed by atoms with Crippen LogP contribution in [0.1, 0.15) is 28.9 Å². The van der Waals surface area contributed by atoms with Crippen molar-refractivity contribution in [3.05, 3.63) is 76.5 Å². The summed E-state index contributed by atoms with van der Waals surface area (Å²) >= 11 is 0. The molecular formula is C21H21N3O3. The fraction of sp³-hybridized carbons (Fsp3) is 0.286. The van der Waals surface area contributed by atoms with E-state index in [1.165, 1.54) is 6.20 Å². The SMILES string of the molecule is O=C(c1c[nH]c(=O)c2ccccc12)N(Cc1ccccn1)CC1CCCO1. The minimum atomic E-state index is -0.197. The van der Waals surface area contributed by atoms with Gasteiger partial charge in [0.2, 0.25) is 0 Å². The van der Waals surface area contributed by atoms with Crippen LogP contribution in [0, 0.1) is 0 Å². The van der Waals surface area contributed by atoms with E-state index in [1.54, 1.807) is 23.2 Å². The van der Waals surface area contributed by atoms with Crippen molar-refractivity contribution in [3.8, 4) is 0 Å². The molecule has 3 aromatic rings. The summed E-state index contributed by atoms with van der Waals surface area (Å²) in [7, 11) is 0. The maximum Gasteiger partial charge on any atom is 0.256 e. The average molecular weight is 363 g/mol. The van der Waals surface area contributed by atoms with Crippen molar-refractivity contribution < 1.29 is 9.53 Å². The number of hydrogen-bond acceptors (Lipinski definition) is 4. The molecular weight excluding hydrogens is 342 g/mol. The summed E-state index contributed by atoms with van der Waals surface area (Å²) in [6, 6.07) is 12.8. The van der Waals surface area contributed by atoms with Crippen LogP contribution in [0.15, 0.2) is 59.7 Å². The number of pyridine rings is 2. The molecule has 0 radical (unpaired) electrons. The summed E-state index contributed by atoms with van der Waals surface area (Å²) in [4.78, 5) is 34.3. The highest BCUT2D eigenvalue weighted by Gasteiger charge is 2.25. The van der Waals surface area contributed by atoms with Crippen molar-refractivity contribution in [2.24, 2.45) is 0 Å². The molecule has 3 heterocycles. The molecule has 2 aromatic heterocycles. The number of hydrogen-bond donors (Lipinski definition) is 1. The number of aromatic nitrogens is 2. The first kappa shape index (κ1) is 17.4. The lowest BCUT2D eigenvalue weighted by Gasteiger charge is -2.25. The highest BCUT2D eigenvalue weighted by Crippen LogP contribution is 2.20. The van der Waals surface area contributed by atoms with Gasteiger partial charge in [-0.3, -0.25) is 14.6 Å². The van der Waals surface area contributed by atoms with Crippen molar-refractivity contribution in [2.45, 2.75) is 25.5 Å². The van der Waals surface area contributed by atoms with Gasteiger partial charge in [-0.2, -0.15) is 0 Å². The number of amides is 1. The van der Waals surface area contributed by atoms with Gasteiger partial charge in [0.1, 0.15) is 0 Å². The van der Waals surface area contributed by atoms with Crippen molar-refractivity contribution in [3.63, 3.8) is 0 Å². The van der Waals surface area contributed by atoms with Gasteiger partial charge in [0.25, 0.3) is 11.5 Å². The summed E-state index contributed by atoms with van der Waals surface area (Å²) < 4.78 is 5.74. The van der Waals surface area contributed by atoms with Crippen LogP contribution < -0.4 is 5.56 Å². The fourth-order valence-corrected chi connectivity index (χ4v) is 3.50. The largest absolute Gasteiger partial charge is 0.376 e. The van der Waals surface area contributed by atoms with Gasteiger partial charge in [-0.05, 0) is 31.0 Å². The zero-order chi connectivity index (χ0) is 18.6. The smallest absolute Gasteiger partial charge is 0.256 e. The second-order valence-corrected chi connectivity index (χ2v) is 6.72. The number of carbonyl (C=O) groups excluding carboxylic acids is 1. The molecule has 1 fully saturated rings. The van der Waals surface area contributed by atoms with Crippen molar-refractivity contribution in [1.82, 2.24) is 14.9 Å². The third-order valence-electron chi connectivity index (χ3n) is 4.85. The molecule has 1 unspecified atom stereocenters. The fourth-order valence-electron chi connectivity index (χ4n) is 3.50. The van der Waals surface area contributed by atoms with Gasteiger partial charge < -0.3 is 14.6 Å². The van der Waals surface area contributed by atoms with Crippen LogP contribution in [-0.4, -0.2) is 40.0 Å². The number of rotatable bonds is 5. The van der Waals surface area contributed by atoms with Crippen LogP contribution >= 0.6 is 0 Å². The average Bonchev–Trinajstić information content (AvgIpc) is 3.21. The van der Waals surface area contributed by atoms with E-state index in [4.69, 9.17) is 4.74 Å². The Balaban J connectivity index is 1.69. The summed E-state index contributed by atoms with van der Waals surface area (Å²) in [5.74, 6) is -0.136. The zero-order valence-corrected chi connectivity index (χ0v) is 14.9. The summed E-state index contributed by atoms with van der Waals surface area (Å²) in [6.45, 7) is 1.63. The van der Waals surface area contributed by atoms with E-state index in [0.717, 1.165) is 25.1 Å². The summed E-state index contributed by atoms with van der Waals surface area (Å²) in [5, 5.41) is 1.17. The molecule has 1 N–H and O–H groups in total. The Hall–Kier alpha value is -2.99. The van der Waals surface area contributed by atoms with Gasteiger partial charge in [0.05, 0.1) is 23.9 Å². The lowest BCUT2D eigenvalue weighted by atomic mass is 10.1. The predicted octanol–water partition coefficient (Wildman–Crippen LogP) is 2.74. The van der Waals surface area contributed by atoms with Crippen LogP contribution in [-0.2, 0) is 11.3 Å². The number of ether oxygens (including phenoxy) is 1. The molecule has 1 aliphatic heterocycles. The van der Waals surface area contributed by atoms with Crippen LogP contribution in [0.2, 0.25) is 0 Å². The molecule has 6 heteroatoms. The number of aromatic amines is 1. The van der Waals surface area contributed by atoms with E-state index in [9.17, 15) is 9.59 Å². The number of carbonyl (C=O) groups is 1. The first-order valence-electron chi connectivity index (χ1n) is 9.13. The molecule has 1 atom stereocenters. The summed E-state index contributed by atoms with van der Waals surface area (Å²) in [5.41, 5.74) is 1.11. The van der Waals surface area contributed by atoms with Gasteiger partial charge in [0.15, 0.2) is 0 Å². The summed E-state index contributed by atoms with van der Waals surface area (Å²) in [6.07, 6.45) is 5.22. The van der Waals surface area contributed by atoms with E-state index in [-0.39, 0.29) is 17.6 Å². The van der Waals surface area contributed by atoms with Gasteiger partial charge in [0, 0.05) is 36.3 Å². The van der Waals surface area contributed by atoms with Crippen molar-refractivity contribution in [1.29, 1.82) is 0 Å². The number of nitrogens with one attached hydrogen (secondary N) is 1. The Morgan fingerprint density at radius 3 is 2.74 bits per heavy atom. The van der Waals surface area contributed by atoms with Gasteiger partial charge in [-0.15, -0.1) is 0 Å². The second-order valence-electron chi connectivity index (χ2n) is 6.72. The normalized spacial score (nSPS) is 16.5. The van der Waals surface area contributed by atoms with Crippen LogP contribution in [0.25, 0.3) is 10.8 Å². The molecule has 1 saturated heterocycles. The number of fused-ring (bicyclic) bond motifs is 1. The van der Waals surface area contributed by atoms with Crippen LogP contribution in [0.3, 0.4) is 0 Å². The highest BCUT2D eigenvalue weighted by atomic mass is 16.5. The Bertz CT molecular complexity index is 994. The van der Waals surface area contributed by atoms with E-state index in [1.807, 2.05) is 30.3 Å². The molecule has 4 rings (SSSR count). The Morgan fingerprint density at radius 1 is 1.19 bits per heavy atom. The van der Waals surface area contributed by atoms with Gasteiger partial charge in [-0.1, -0.05) is 24.3 Å². The number of benzene rings is 1. The van der Waals surface area contributed by atoms with Crippen molar-refractivity contribution in [2.75, 3.05) is 13.2 Å². The second kappa shape index (κ2) is 7.72. The maximum atomic E-state index is 13.4. The van der Waals surface area contributed by atoms with E-state index >= 15 is 0 Å². The molecule has 1 aromatic carbocycles. The number of H-pyrrole nitrogens is 1. The predicted molar refractivity (Wildman–Crippen MR) is 103 cm³/mol. The molecule has 27 heavy (non-hydrogen) atoms. The standard InChI is InChI=1S/C21H21N3O3/c25-20-18-9-2-1-8-17(18)19(12-23-20)21(26)24(14-16-7-5-11-27-16)13-15-6-3-4-10-22-15/h1-4,6,8-10,12,16H,5,7,11,13-14H2,(H,23,25). The van der Waals surface area contributed by atoms with Crippen molar-refractivity contribution >= 4 is 16.7 Å². The Kier molecular flexibility index (Phi) is 4.98.